The molecule has 0 saturated heterocycles. The maximum Gasteiger partial charge on any atom is 0.246 e. The molecular weight excluding hydrogens is 314 g/mol. The highest BCUT2D eigenvalue weighted by atomic mass is 79.9. The van der Waals surface area contributed by atoms with Gasteiger partial charge in [0.05, 0.1) is 11.9 Å². The number of hydrogen-bond donors (Lipinski definition) is 2. The minimum Gasteiger partial charge on any atom is -0.323 e. The molecule has 1 atom stereocenters. The molecule has 2 rings (SSSR count). The molecule has 2 aromatic heterocycles. The predicted octanol–water partition coefficient (Wildman–Crippen LogP) is 2.85. The molecule has 0 aliphatic heterocycles. The molecule has 3 N–H and O–H groups in total. The lowest BCUT2D eigenvalue weighted by atomic mass is 10.2. The molecule has 6 heteroatoms. The van der Waals surface area contributed by atoms with Crippen LogP contribution in [0.25, 0.3) is 0 Å². The van der Waals surface area contributed by atoms with E-state index in [4.69, 9.17) is 5.73 Å². The van der Waals surface area contributed by atoms with Crippen molar-refractivity contribution in [3.8, 4) is 0 Å². The second-order valence-electron chi connectivity index (χ2n) is 3.81. The number of aromatic nitrogens is 1. The minimum atomic E-state index is -0.644. The summed E-state index contributed by atoms with van der Waals surface area (Å²) in [6.07, 6.45) is 1.59. The SMILES string of the molecule is Cc1cc(NC(=O)C(N)c2cccs2)cnc1Br. The maximum atomic E-state index is 11.9. The molecule has 18 heavy (non-hydrogen) atoms. The Morgan fingerprint density at radius 1 is 1.61 bits per heavy atom. The van der Waals surface area contributed by atoms with Crippen LogP contribution in [0.5, 0.6) is 0 Å². The van der Waals surface area contributed by atoms with Gasteiger partial charge in [0, 0.05) is 4.88 Å². The molecule has 4 nitrogen and oxygen atoms in total. The Hall–Kier alpha value is -1.24. The number of nitrogens with zero attached hydrogens (tertiary/aromatic N) is 1. The zero-order chi connectivity index (χ0) is 13.1. The number of anilines is 1. The molecule has 0 spiro atoms. The first kappa shape index (κ1) is 13.2. The van der Waals surface area contributed by atoms with Crippen LogP contribution in [-0.4, -0.2) is 10.9 Å². The van der Waals surface area contributed by atoms with Gasteiger partial charge in [-0.15, -0.1) is 11.3 Å². The zero-order valence-electron chi connectivity index (χ0n) is 9.68. The molecule has 0 bridgehead atoms. The molecule has 2 aromatic rings. The van der Waals surface area contributed by atoms with E-state index in [1.54, 1.807) is 6.20 Å². The van der Waals surface area contributed by atoms with Crippen LogP contribution in [0.4, 0.5) is 5.69 Å². The van der Waals surface area contributed by atoms with Crippen molar-refractivity contribution in [1.82, 2.24) is 4.98 Å². The summed E-state index contributed by atoms with van der Waals surface area (Å²) in [6, 6.07) is 4.92. The number of aryl methyl sites for hydroxylation is 1. The van der Waals surface area contributed by atoms with Crippen LogP contribution in [0.3, 0.4) is 0 Å². The van der Waals surface area contributed by atoms with Crippen LogP contribution in [0.2, 0.25) is 0 Å². The smallest absolute Gasteiger partial charge is 0.246 e. The van der Waals surface area contributed by atoms with E-state index in [-0.39, 0.29) is 5.91 Å². The Balaban J connectivity index is 2.09. The Morgan fingerprint density at radius 3 is 3.00 bits per heavy atom. The fraction of sp³-hybridized carbons (Fsp3) is 0.167. The van der Waals surface area contributed by atoms with E-state index in [0.29, 0.717) is 5.69 Å². The number of pyridine rings is 1. The van der Waals surface area contributed by atoms with Crippen LogP contribution in [0, 0.1) is 6.92 Å². The van der Waals surface area contributed by atoms with Gasteiger partial charge < -0.3 is 11.1 Å². The molecule has 0 radical (unpaired) electrons. The van der Waals surface area contributed by atoms with E-state index >= 15 is 0 Å². The average Bonchev–Trinajstić information content (AvgIpc) is 2.86. The number of halogens is 1. The van der Waals surface area contributed by atoms with Crippen molar-refractivity contribution in [2.45, 2.75) is 13.0 Å². The Kier molecular flexibility index (Phi) is 4.11. The summed E-state index contributed by atoms with van der Waals surface area (Å²) < 4.78 is 0.767. The van der Waals surface area contributed by atoms with Gasteiger partial charge in [-0.2, -0.15) is 0 Å². The van der Waals surface area contributed by atoms with Crippen LogP contribution in [0.15, 0.2) is 34.4 Å². The third-order valence-electron chi connectivity index (χ3n) is 2.41. The summed E-state index contributed by atoms with van der Waals surface area (Å²) in [5.41, 5.74) is 7.47. The van der Waals surface area contributed by atoms with Gasteiger partial charge in [0.2, 0.25) is 5.91 Å². The summed E-state index contributed by atoms with van der Waals surface area (Å²) in [4.78, 5) is 16.9. The average molecular weight is 326 g/mol. The number of thiophene rings is 1. The summed E-state index contributed by atoms with van der Waals surface area (Å²) in [7, 11) is 0. The summed E-state index contributed by atoms with van der Waals surface area (Å²) in [5.74, 6) is -0.235. The first-order valence-electron chi connectivity index (χ1n) is 5.30. The number of hydrogen-bond acceptors (Lipinski definition) is 4. The van der Waals surface area contributed by atoms with Gasteiger partial charge in [0.1, 0.15) is 10.6 Å². The first-order valence-corrected chi connectivity index (χ1v) is 6.97. The maximum absolute atomic E-state index is 11.9. The first-order chi connectivity index (χ1) is 8.58. The van der Waals surface area contributed by atoms with Gasteiger partial charge in [-0.25, -0.2) is 4.98 Å². The van der Waals surface area contributed by atoms with Gasteiger partial charge in [-0.05, 0) is 45.9 Å². The lowest BCUT2D eigenvalue weighted by molar-refractivity contribution is -0.117. The lowest BCUT2D eigenvalue weighted by Gasteiger charge is -2.11. The van der Waals surface area contributed by atoms with Gasteiger partial charge in [0.15, 0.2) is 0 Å². The summed E-state index contributed by atoms with van der Waals surface area (Å²) in [6.45, 7) is 1.91. The molecule has 1 unspecified atom stereocenters. The van der Waals surface area contributed by atoms with Gasteiger partial charge in [0.25, 0.3) is 0 Å². The van der Waals surface area contributed by atoms with E-state index in [9.17, 15) is 4.79 Å². The Bertz CT molecular complexity index is 556. The minimum absolute atomic E-state index is 0.235. The predicted molar refractivity (Wildman–Crippen MR) is 76.6 cm³/mol. The summed E-state index contributed by atoms with van der Waals surface area (Å²) >= 11 is 4.78. The normalized spacial score (nSPS) is 12.2. The molecular formula is C12H12BrN3OS. The number of nitrogens with one attached hydrogen (secondary N) is 1. The molecule has 1 amide bonds. The van der Waals surface area contributed by atoms with Gasteiger partial charge >= 0.3 is 0 Å². The van der Waals surface area contributed by atoms with E-state index in [1.807, 2.05) is 30.5 Å². The van der Waals surface area contributed by atoms with Crippen molar-refractivity contribution in [2.75, 3.05) is 5.32 Å². The topological polar surface area (TPSA) is 68.0 Å². The number of carbonyl (C=O) groups excluding carboxylic acids is 1. The monoisotopic (exact) mass is 325 g/mol. The standard InChI is InChI=1S/C12H12BrN3OS/c1-7-5-8(6-15-11(7)13)16-12(17)10(14)9-3-2-4-18-9/h2-6,10H,14H2,1H3,(H,16,17). The van der Waals surface area contributed by atoms with Gasteiger partial charge in [-0.3, -0.25) is 4.79 Å². The molecule has 0 aliphatic rings. The zero-order valence-corrected chi connectivity index (χ0v) is 12.1. The van der Waals surface area contributed by atoms with Crippen molar-refractivity contribution in [1.29, 1.82) is 0 Å². The largest absolute Gasteiger partial charge is 0.323 e. The Labute approximate surface area is 117 Å². The van der Waals surface area contributed by atoms with Crippen LogP contribution >= 0.6 is 27.3 Å². The van der Waals surface area contributed by atoms with Crippen LogP contribution < -0.4 is 11.1 Å². The van der Waals surface area contributed by atoms with Crippen molar-refractivity contribution in [3.63, 3.8) is 0 Å². The van der Waals surface area contributed by atoms with Crippen LogP contribution in [-0.2, 0) is 4.79 Å². The van der Waals surface area contributed by atoms with Crippen molar-refractivity contribution in [3.05, 3.63) is 44.8 Å². The number of nitrogens with two attached hydrogens (primary N) is 1. The molecule has 0 aliphatic carbocycles. The van der Waals surface area contributed by atoms with E-state index < -0.39 is 6.04 Å². The van der Waals surface area contributed by atoms with Crippen molar-refractivity contribution < 1.29 is 4.79 Å². The highest BCUT2D eigenvalue weighted by Crippen LogP contribution is 2.20. The molecule has 2 heterocycles. The fourth-order valence-corrected chi connectivity index (χ4v) is 2.39. The third-order valence-corrected chi connectivity index (χ3v) is 4.20. The second-order valence-corrected chi connectivity index (χ2v) is 5.54. The second kappa shape index (κ2) is 5.60. The number of amides is 1. The highest BCUT2D eigenvalue weighted by Gasteiger charge is 2.16. The Morgan fingerprint density at radius 2 is 2.39 bits per heavy atom. The molecule has 0 saturated carbocycles. The molecule has 94 valence electrons. The van der Waals surface area contributed by atoms with Crippen molar-refractivity contribution >= 4 is 38.9 Å². The molecule has 0 aromatic carbocycles. The molecule has 0 fully saturated rings. The van der Waals surface area contributed by atoms with Gasteiger partial charge in [-0.1, -0.05) is 6.07 Å². The highest BCUT2D eigenvalue weighted by molar-refractivity contribution is 9.10. The fourth-order valence-electron chi connectivity index (χ4n) is 1.44. The van der Waals surface area contributed by atoms with E-state index in [0.717, 1.165) is 15.0 Å². The van der Waals surface area contributed by atoms with Crippen LogP contribution in [0.1, 0.15) is 16.5 Å². The lowest BCUT2D eigenvalue weighted by Crippen LogP contribution is -2.27. The number of carbonyl (C=O) groups is 1. The van der Waals surface area contributed by atoms with Crippen molar-refractivity contribution in [2.24, 2.45) is 5.73 Å². The summed E-state index contributed by atoms with van der Waals surface area (Å²) in [5, 5.41) is 4.65. The number of rotatable bonds is 3. The third kappa shape index (κ3) is 2.95. The van der Waals surface area contributed by atoms with E-state index in [1.165, 1.54) is 11.3 Å². The van der Waals surface area contributed by atoms with E-state index in [2.05, 4.69) is 26.2 Å². The quantitative estimate of drug-likeness (QED) is 0.852.